The Morgan fingerprint density at radius 1 is 1.17 bits per heavy atom. The maximum Gasteiger partial charge on any atom is 0.373 e. The van der Waals surface area contributed by atoms with Gasteiger partial charge in [-0.3, -0.25) is 10.1 Å². The minimum absolute atomic E-state index is 0.0787. The van der Waals surface area contributed by atoms with Crippen molar-refractivity contribution in [1.82, 2.24) is 9.97 Å². The lowest BCUT2D eigenvalue weighted by atomic mass is 10.1. The molecule has 0 saturated carbocycles. The van der Waals surface area contributed by atoms with Crippen LogP contribution in [-0.4, -0.2) is 21.4 Å². The van der Waals surface area contributed by atoms with E-state index in [4.69, 9.17) is 4.74 Å². The first-order valence-electron chi connectivity index (χ1n) is 7.59. The largest absolute Gasteiger partial charge is 0.433 e. The van der Waals surface area contributed by atoms with E-state index >= 15 is 0 Å². The predicted octanol–water partition coefficient (Wildman–Crippen LogP) is 4.15. The second kappa shape index (κ2) is 6.91. The third-order valence-corrected chi connectivity index (χ3v) is 3.47. The van der Waals surface area contributed by atoms with Gasteiger partial charge in [0.1, 0.15) is 12.1 Å². The number of hydrogen-bond donors (Lipinski definition) is 1. The molecule has 1 aromatic heterocycles. The van der Waals surface area contributed by atoms with Crippen LogP contribution in [0.15, 0.2) is 48.8 Å². The first-order valence-corrected chi connectivity index (χ1v) is 7.59. The summed E-state index contributed by atoms with van der Waals surface area (Å²) in [5, 5.41) is 16.2. The van der Waals surface area contributed by atoms with E-state index in [9.17, 15) is 10.1 Å². The van der Waals surface area contributed by atoms with Crippen LogP contribution in [-0.2, 0) is 0 Å². The van der Waals surface area contributed by atoms with Gasteiger partial charge >= 0.3 is 11.6 Å². The van der Waals surface area contributed by atoms with Crippen molar-refractivity contribution in [2.75, 3.05) is 11.9 Å². The van der Waals surface area contributed by atoms with E-state index in [0.717, 1.165) is 17.2 Å². The fraction of sp³-hybridized carbons (Fsp3) is 0.176. The molecule has 0 radical (unpaired) electrons. The van der Waals surface area contributed by atoms with Crippen molar-refractivity contribution in [3.8, 4) is 11.6 Å². The zero-order valence-corrected chi connectivity index (χ0v) is 13.1. The van der Waals surface area contributed by atoms with Crippen molar-refractivity contribution < 1.29 is 9.66 Å². The molecule has 0 atom stereocenters. The summed E-state index contributed by atoms with van der Waals surface area (Å²) in [7, 11) is 0. The van der Waals surface area contributed by atoms with Crippen LogP contribution in [0.5, 0.6) is 11.6 Å². The number of anilines is 1. The highest BCUT2D eigenvalue weighted by atomic mass is 16.6. The minimum atomic E-state index is -0.529. The van der Waals surface area contributed by atoms with Gasteiger partial charge in [-0.2, -0.15) is 4.98 Å². The van der Waals surface area contributed by atoms with Gasteiger partial charge in [-0.05, 0) is 17.9 Å². The predicted molar refractivity (Wildman–Crippen MR) is 91.5 cm³/mol. The molecule has 7 heteroatoms. The lowest BCUT2D eigenvalue weighted by Crippen LogP contribution is -2.07. The normalized spacial score (nSPS) is 10.5. The Kier molecular flexibility index (Phi) is 4.51. The summed E-state index contributed by atoms with van der Waals surface area (Å²) >= 11 is 0. The number of aromatic nitrogens is 2. The zero-order valence-electron chi connectivity index (χ0n) is 13.1. The maximum absolute atomic E-state index is 11.5. The smallest absolute Gasteiger partial charge is 0.373 e. The van der Waals surface area contributed by atoms with Crippen molar-refractivity contribution in [3.63, 3.8) is 0 Å². The molecule has 1 heterocycles. The van der Waals surface area contributed by atoms with Gasteiger partial charge in [0, 0.05) is 11.9 Å². The lowest BCUT2D eigenvalue weighted by Gasteiger charge is -2.10. The molecular weight excluding hydrogens is 308 g/mol. The standard InChI is InChI=1S/C17H16N4O3/c1-2-10-18-16-15(21(22)23)17(20-11-19-16)24-14-9-5-7-12-6-3-4-8-13(12)14/h3-9,11H,2,10H2,1H3,(H,18,19,20). The monoisotopic (exact) mass is 324 g/mol. The Bertz CT molecular complexity index is 877. The van der Waals surface area contributed by atoms with E-state index in [1.54, 1.807) is 6.07 Å². The summed E-state index contributed by atoms with van der Waals surface area (Å²) < 4.78 is 5.77. The van der Waals surface area contributed by atoms with Crippen molar-refractivity contribution in [1.29, 1.82) is 0 Å². The minimum Gasteiger partial charge on any atom is -0.433 e. The number of benzene rings is 2. The maximum atomic E-state index is 11.5. The van der Waals surface area contributed by atoms with Crippen molar-refractivity contribution in [3.05, 3.63) is 58.9 Å². The third-order valence-electron chi connectivity index (χ3n) is 3.47. The first-order chi connectivity index (χ1) is 11.7. The van der Waals surface area contributed by atoms with Gasteiger partial charge in [-0.15, -0.1) is 0 Å². The van der Waals surface area contributed by atoms with Gasteiger partial charge in [-0.1, -0.05) is 43.3 Å². The highest BCUT2D eigenvalue weighted by molar-refractivity contribution is 5.88. The van der Waals surface area contributed by atoms with E-state index in [0.29, 0.717) is 12.3 Å². The van der Waals surface area contributed by atoms with Crippen LogP contribution >= 0.6 is 0 Å². The molecular formula is C17H16N4O3. The summed E-state index contributed by atoms with van der Waals surface area (Å²) in [5.41, 5.74) is -0.265. The Labute approximate surface area is 138 Å². The van der Waals surface area contributed by atoms with Gasteiger partial charge in [0.15, 0.2) is 0 Å². The number of fused-ring (bicyclic) bond motifs is 1. The molecule has 7 nitrogen and oxygen atoms in total. The number of hydrogen-bond acceptors (Lipinski definition) is 6. The molecule has 122 valence electrons. The summed E-state index contributed by atoms with van der Waals surface area (Å²) in [6, 6.07) is 13.2. The van der Waals surface area contributed by atoms with Gasteiger partial charge < -0.3 is 10.1 Å². The molecule has 3 aromatic rings. The molecule has 0 unspecified atom stereocenters. The van der Waals surface area contributed by atoms with E-state index < -0.39 is 4.92 Å². The van der Waals surface area contributed by atoms with Gasteiger partial charge in [0.25, 0.3) is 0 Å². The molecule has 0 amide bonds. The Hall–Kier alpha value is -3.22. The molecule has 24 heavy (non-hydrogen) atoms. The molecule has 0 spiro atoms. The Morgan fingerprint density at radius 2 is 1.96 bits per heavy atom. The second-order valence-corrected chi connectivity index (χ2v) is 5.14. The van der Waals surface area contributed by atoms with E-state index in [1.165, 1.54) is 6.33 Å². The highest BCUT2D eigenvalue weighted by Gasteiger charge is 2.25. The van der Waals surface area contributed by atoms with E-state index in [-0.39, 0.29) is 17.4 Å². The average Bonchev–Trinajstić information content (AvgIpc) is 2.60. The van der Waals surface area contributed by atoms with Crippen molar-refractivity contribution in [2.45, 2.75) is 13.3 Å². The lowest BCUT2D eigenvalue weighted by molar-refractivity contribution is -0.385. The molecule has 0 aliphatic carbocycles. The summed E-state index contributed by atoms with van der Waals surface area (Å²) in [5.74, 6) is 0.591. The number of nitro groups is 1. The number of ether oxygens (including phenoxy) is 1. The second-order valence-electron chi connectivity index (χ2n) is 5.14. The van der Waals surface area contributed by atoms with Gasteiger partial charge in [0.2, 0.25) is 5.82 Å². The van der Waals surface area contributed by atoms with Crippen LogP contribution in [0.2, 0.25) is 0 Å². The number of rotatable bonds is 6. The topological polar surface area (TPSA) is 90.2 Å². The van der Waals surface area contributed by atoms with E-state index in [2.05, 4.69) is 15.3 Å². The van der Waals surface area contributed by atoms with Crippen LogP contribution < -0.4 is 10.1 Å². The van der Waals surface area contributed by atoms with E-state index in [1.807, 2.05) is 43.3 Å². The summed E-state index contributed by atoms with van der Waals surface area (Å²) in [4.78, 5) is 18.8. The van der Waals surface area contributed by atoms with Crippen LogP contribution in [0.3, 0.4) is 0 Å². The molecule has 0 aliphatic rings. The van der Waals surface area contributed by atoms with Crippen LogP contribution in [0.25, 0.3) is 10.8 Å². The fourth-order valence-electron chi connectivity index (χ4n) is 2.36. The summed E-state index contributed by atoms with van der Waals surface area (Å²) in [6.45, 7) is 2.54. The number of nitrogens with zero attached hydrogens (tertiary/aromatic N) is 3. The van der Waals surface area contributed by atoms with Crippen LogP contribution in [0, 0.1) is 10.1 Å². The average molecular weight is 324 g/mol. The van der Waals surface area contributed by atoms with Crippen LogP contribution in [0.1, 0.15) is 13.3 Å². The van der Waals surface area contributed by atoms with Crippen LogP contribution in [0.4, 0.5) is 11.5 Å². The molecule has 2 aromatic carbocycles. The van der Waals surface area contributed by atoms with Gasteiger partial charge in [-0.25, -0.2) is 4.98 Å². The molecule has 0 saturated heterocycles. The SMILES string of the molecule is CCCNc1ncnc(Oc2cccc3ccccc23)c1[N+](=O)[O-]. The fourth-order valence-corrected chi connectivity index (χ4v) is 2.36. The third kappa shape index (κ3) is 3.10. The molecule has 0 aliphatic heterocycles. The zero-order chi connectivity index (χ0) is 16.9. The Morgan fingerprint density at radius 3 is 2.75 bits per heavy atom. The van der Waals surface area contributed by atoms with Crippen molar-refractivity contribution >= 4 is 22.3 Å². The molecule has 0 bridgehead atoms. The first kappa shape index (κ1) is 15.7. The Balaban J connectivity index is 2.04. The molecule has 1 N–H and O–H groups in total. The summed E-state index contributed by atoms with van der Waals surface area (Å²) in [6.07, 6.45) is 2.08. The van der Waals surface area contributed by atoms with Gasteiger partial charge in [0.05, 0.1) is 4.92 Å². The number of nitrogens with one attached hydrogen (secondary N) is 1. The molecule has 0 fully saturated rings. The quantitative estimate of drug-likeness (QED) is 0.541. The van der Waals surface area contributed by atoms with Crippen molar-refractivity contribution in [2.24, 2.45) is 0 Å². The molecule has 3 rings (SSSR count). The highest BCUT2D eigenvalue weighted by Crippen LogP contribution is 2.36.